The fourth-order valence-corrected chi connectivity index (χ4v) is 2.28. The minimum atomic E-state index is -0.216. The Morgan fingerprint density at radius 1 is 1.56 bits per heavy atom. The van der Waals surface area contributed by atoms with Crippen molar-refractivity contribution in [1.29, 1.82) is 0 Å². The summed E-state index contributed by atoms with van der Waals surface area (Å²) in [6, 6.07) is 3.09. The van der Waals surface area contributed by atoms with Gasteiger partial charge >= 0.3 is 0 Å². The van der Waals surface area contributed by atoms with Crippen molar-refractivity contribution in [2.45, 2.75) is 12.8 Å². The van der Waals surface area contributed by atoms with E-state index < -0.39 is 0 Å². The molecular formula is C13H19N3O2. The molecule has 1 amide bonds. The fourth-order valence-electron chi connectivity index (χ4n) is 2.28. The number of carbonyl (C=O) groups excluding carboxylic acids is 1. The summed E-state index contributed by atoms with van der Waals surface area (Å²) in [6.45, 7) is 2.75. The molecule has 2 rings (SSSR count). The lowest BCUT2D eigenvalue weighted by Crippen LogP contribution is -2.37. The first kappa shape index (κ1) is 12.8. The number of pyridine rings is 1. The Morgan fingerprint density at radius 3 is 2.94 bits per heavy atom. The van der Waals surface area contributed by atoms with Crippen LogP contribution in [0.2, 0.25) is 0 Å². The monoisotopic (exact) mass is 249 g/mol. The standard InChI is InChI=1S/C13H19N3O2/c1-16(9-10-4-7-14-8-5-10)13(18)12-11(17)3-2-6-15-12/h2-3,6,10,14,17H,4-5,7-9H2,1H3. The molecule has 1 aromatic rings. The second-order valence-electron chi connectivity index (χ2n) is 4.75. The lowest BCUT2D eigenvalue weighted by atomic mass is 9.97. The Kier molecular flexibility index (Phi) is 4.15. The first-order valence-electron chi connectivity index (χ1n) is 6.28. The normalized spacial score (nSPS) is 16.5. The predicted octanol–water partition coefficient (Wildman–Crippen LogP) is 0.859. The van der Waals surface area contributed by atoms with E-state index in [1.165, 1.54) is 12.3 Å². The topological polar surface area (TPSA) is 65.5 Å². The number of hydrogen-bond donors (Lipinski definition) is 2. The van der Waals surface area contributed by atoms with Crippen LogP contribution in [-0.2, 0) is 0 Å². The summed E-state index contributed by atoms with van der Waals surface area (Å²) in [4.78, 5) is 17.7. The zero-order valence-corrected chi connectivity index (χ0v) is 10.6. The molecule has 0 aromatic carbocycles. The summed E-state index contributed by atoms with van der Waals surface area (Å²) in [5.74, 6) is 0.261. The number of hydrogen-bond acceptors (Lipinski definition) is 4. The van der Waals surface area contributed by atoms with Crippen molar-refractivity contribution in [2.24, 2.45) is 5.92 Å². The number of piperidine rings is 1. The Hall–Kier alpha value is -1.62. The summed E-state index contributed by atoms with van der Waals surface area (Å²) in [5.41, 5.74) is 0.133. The zero-order chi connectivity index (χ0) is 13.0. The first-order chi connectivity index (χ1) is 8.68. The molecule has 1 fully saturated rings. The van der Waals surface area contributed by atoms with Gasteiger partial charge < -0.3 is 15.3 Å². The van der Waals surface area contributed by atoms with Crippen molar-refractivity contribution in [3.8, 4) is 5.75 Å². The quantitative estimate of drug-likeness (QED) is 0.834. The smallest absolute Gasteiger partial charge is 0.276 e. The van der Waals surface area contributed by atoms with Gasteiger partial charge in [-0.3, -0.25) is 4.79 Å². The highest BCUT2D eigenvalue weighted by Gasteiger charge is 2.21. The molecule has 1 aromatic heterocycles. The number of aromatic nitrogens is 1. The van der Waals surface area contributed by atoms with Gasteiger partial charge in [0.15, 0.2) is 5.69 Å². The summed E-state index contributed by atoms with van der Waals surface area (Å²) in [7, 11) is 1.76. The van der Waals surface area contributed by atoms with E-state index in [-0.39, 0.29) is 17.4 Å². The van der Waals surface area contributed by atoms with Crippen LogP contribution in [0.1, 0.15) is 23.3 Å². The maximum atomic E-state index is 12.1. The van der Waals surface area contributed by atoms with E-state index >= 15 is 0 Å². The van der Waals surface area contributed by atoms with Gasteiger partial charge in [-0.05, 0) is 44.0 Å². The molecule has 0 radical (unpaired) electrons. The Morgan fingerprint density at radius 2 is 2.28 bits per heavy atom. The average Bonchev–Trinajstić information content (AvgIpc) is 2.39. The molecule has 0 atom stereocenters. The minimum absolute atomic E-state index is 0.0559. The summed E-state index contributed by atoms with van der Waals surface area (Å²) in [5, 5.41) is 12.9. The Labute approximate surface area is 107 Å². The zero-order valence-electron chi connectivity index (χ0n) is 10.6. The van der Waals surface area contributed by atoms with Crippen molar-refractivity contribution < 1.29 is 9.90 Å². The minimum Gasteiger partial charge on any atom is -0.505 e. The van der Waals surface area contributed by atoms with Gasteiger partial charge in [0.25, 0.3) is 5.91 Å². The lowest BCUT2D eigenvalue weighted by molar-refractivity contribution is 0.0753. The van der Waals surface area contributed by atoms with Gasteiger partial charge in [0, 0.05) is 19.8 Å². The second kappa shape index (κ2) is 5.82. The van der Waals surface area contributed by atoms with Gasteiger partial charge in [0.2, 0.25) is 0 Å². The number of nitrogens with zero attached hydrogens (tertiary/aromatic N) is 2. The molecule has 5 nitrogen and oxygen atoms in total. The molecule has 98 valence electrons. The number of nitrogens with one attached hydrogen (secondary N) is 1. The molecular weight excluding hydrogens is 230 g/mol. The molecule has 18 heavy (non-hydrogen) atoms. The van der Waals surface area contributed by atoms with Gasteiger partial charge in [-0.1, -0.05) is 0 Å². The third-order valence-corrected chi connectivity index (χ3v) is 3.33. The number of rotatable bonds is 3. The van der Waals surface area contributed by atoms with Crippen molar-refractivity contribution in [3.63, 3.8) is 0 Å². The third kappa shape index (κ3) is 2.98. The Balaban J connectivity index is 1.98. The van der Waals surface area contributed by atoms with E-state index in [1.54, 1.807) is 18.0 Å². The van der Waals surface area contributed by atoms with E-state index in [2.05, 4.69) is 10.3 Å². The van der Waals surface area contributed by atoms with Crippen molar-refractivity contribution in [1.82, 2.24) is 15.2 Å². The molecule has 1 saturated heterocycles. The van der Waals surface area contributed by atoms with Gasteiger partial charge in [-0.15, -0.1) is 0 Å². The molecule has 5 heteroatoms. The van der Waals surface area contributed by atoms with E-state index in [4.69, 9.17) is 0 Å². The highest BCUT2D eigenvalue weighted by molar-refractivity contribution is 5.94. The predicted molar refractivity (Wildman–Crippen MR) is 68.5 cm³/mol. The van der Waals surface area contributed by atoms with Crippen LogP contribution in [0.3, 0.4) is 0 Å². The number of aromatic hydroxyl groups is 1. The van der Waals surface area contributed by atoms with Crippen LogP contribution in [0.4, 0.5) is 0 Å². The van der Waals surface area contributed by atoms with Crippen molar-refractivity contribution >= 4 is 5.91 Å². The molecule has 0 aliphatic carbocycles. The largest absolute Gasteiger partial charge is 0.505 e. The molecule has 2 N–H and O–H groups in total. The van der Waals surface area contributed by atoms with Crippen LogP contribution in [0.5, 0.6) is 5.75 Å². The molecule has 0 saturated carbocycles. The average molecular weight is 249 g/mol. The van der Waals surface area contributed by atoms with E-state index in [0.29, 0.717) is 5.92 Å². The van der Waals surface area contributed by atoms with Crippen LogP contribution in [0.15, 0.2) is 18.3 Å². The maximum Gasteiger partial charge on any atom is 0.276 e. The maximum absolute atomic E-state index is 12.1. The van der Waals surface area contributed by atoms with Gasteiger partial charge in [-0.25, -0.2) is 4.98 Å². The third-order valence-electron chi connectivity index (χ3n) is 3.33. The van der Waals surface area contributed by atoms with Gasteiger partial charge in [0.1, 0.15) is 5.75 Å². The molecule has 0 spiro atoms. The first-order valence-corrected chi connectivity index (χ1v) is 6.28. The van der Waals surface area contributed by atoms with Crippen LogP contribution < -0.4 is 5.32 Å². The fraction of sp³-hybridized carbons (Fsp3) is 0.538. The Bertz CT molecular complexity index is 416. The summed E-state index contributed by atoms with van der Waals surface area (Å²) >= 11 is 0. The summed E-state index contributed by atoms with van der Waals surface area (Å²) in [6.07, 6.45) is 3.70. The van der Waals surface area contributed by atoms with Gasteiger partial charge in [-0.2, -0.15) is 0 Å². The number of amides is 1. The lowest BCUT2D eigenvalue weighted by Gasteiger charge is -2.27. The van der Waals surface area contributed by atoms with E-state index in [9.17, 15) is 9.90 Å². The second-order valence-corrected chi connectivity index (χ2v) is 4.75. The van der Waals surface area contributed by atoms with Crippen LogP contribution in [-0.4, -0.2) is 47.6 Å². The molecule has 1 aliphatic rings. The van der Waals surface area contributed by atoms with E-state index in [1.807, 2.05) is 0 Å². The van der Waals surface area contributed by atoms with Gasteiger partial charge in [0.05, 0.1) is 0 Å². The highest BCUT2D eigenvalue weighted by atomic mass is 16.3. The number of carbonyl (C=O) groups is 1. The van der Waals surface area contributed by atoms with Crippen LogP contribution >= 0.6 is 0 Å². The molecule has 0 unspecified atom stereocenters. The molecule has 1 aliphatic heterocycles. The summed E-state index contributed by atoms with van der Waals surface area (Å²) < 4.78 is 0. The van der Waals surface area contributed by atoms with Crippen molar-refractivity contribution in [2.75, 3.05) is 26.7 Å². The highest BCUT2D eigenvalue weighted by Crippen LogP contribution is 2.17. The van der Waals surface area contributed by atoms with E-state index in [0.717, 1.165) is 32.5 Å². The molecule has 0 bridgehead atoms. The van der Waals surface area contributed by atoms with Crippen molar-refractivity contribution in [3.05, 3.63) is 24.0 Å². The molecule has 2 heterocycles. The van der Waals surface area contributed by atoms with Crippen LogP contribution in [0.25, 0.3) is 0 Å². The van der Waals surface area contributed by atoms with Crippen LogP contribution in [0, 0.1) is 5.92 Å². The SMILES string of the molecule is CN(CC1CCNCC1)C(=O)c1ncccc1O.